The van der Waals surface area contributed by atoms with E-state index < -0.39 is 0 Å². The Hall–Kier alpha value is -2.18. The maximum atomic E-state index is 12.5. The molecule has 7 heteroatoms. The van der Waals surface area contributed by atoms with Crippen molar-refractivity contribution in [2.45, 2.75) is 45.2 Å². The summed E-state index contributed by atoms with van der Waals surface area (Å²) < 4.78 is 1.39. The summed E-state index contributed by atoms with van der Waals surface area (Å²) in [7, 11) is 0. The molecule has 0 amide bonds. The van der Waals surface area contributed by atoms with Gasteiger partial charge in [-0.05, 0) is 50.1 Å². The molecule has 0 bridgehead atoms. The number of aromatic amines is 1. The van der Waals surface area contributed by atoms with Crippen LogP contribution in [0.3, 0.4) is 0 Å². The van der Waals surface area contributed by atoms with Crippen LogP contribution in [0, 0.1) is 0 Å². The van der Waals surface area contributed by atoms with E-state index >= 15 is 0 Å². The Labute approximate surface area is 156 Å². The molecule has 0 unspecified atom stereocenters. The second-order valence-corrected chi connectivity index (χ2v) is 7.26. The maximum Gasteiger partial charge on any atom is 0.274 e. The molecule has 1 aliphatic rings. The minimum atomic E-state index is -0.136. The van der Waals surface area contributed by atoms with E-state index in [1.807, 2.05) is 12.1 Å². The van der Waals surface area contributed by atoms with E-state index in [-0.39, 0.29) is 5.56 Å². The molecule has 1 aromatic carbocycles. The van der Waals surface area contributed by atoms with Crippen LogP contribution in [0.2, 0.25) is 5.02 Å². The molecule has 1 fully saturated rings. The number of aromatic nitrogens is 4. The number of nitrogens with one attached hydrogen (secondary N) is 1. The van der Waals surface area contributed by atoms with Gasteiger partial charge in [-0.3, -0.25) is 14.8 Å². The van der Waals surface area contributed by atoms with Gasteiger partial charge in [0.25, 0.3) is 11.3 Å². The van der Waals surface area contributed by atoms with Crippen LogP contribution in [0.5, 0.6) is 0 Å². The number of nitrogens with zero attached hydrogens (tertiary/aromatic N) is 4. The molecule has 1 aliphatic heterocycles. The molecule has 0 spiro atoms. The number of fused-ring (bicyclic) bond motifs is 1. The van der Waals surface area contributed by atoms with Gasteiger partial charge in [0.05, 0.1) is 5.69 Å². The van der Waals surface area contributed by atoms with Gasteiger partial charge in [-0.15, -0.1) is 0 Å². The summed E-state index contributed by atoms with van der Waals surface area (Å²) in [5.41, 5.74) is 1.51. The lowest BCUT2D eigenvalue weighted by molar-refractivity contribution is 0.134. The Morgan fingerprint density at radius 3 is 2.81 bits per heavy atom. The van der Waals surface area contributed by atoms with Crippen molar-refractivity contribution in [1.29, 1.82) is 0 Å². The first-order valence-electron chi connectivity index (χ1n) is 9.12. The Bertz CT molecular complexity index is 962. The maximum absolute atomic E-state index is 12.5. The van der Waals surface area contributed by atoms with E-state index in [2.05, 4.69) is 26.9 Å². The topological polar surface area (TPSA) is 66.3 Å². The highest BCUT2D eigenvalue weighted by Gasteiger charge is 2.21. The van der Waals surface area contributed by atoms with Crippen molar-refractivity contribution < 1.29 is 0 Å². The van der Waals surface area contributed by atoms with Crippen LogP contribution in [0.1, 0.15) is 38.3 Å². The Morgan fingerprint density at radius 2 is 2.04 bits per heavy atom. The van der Waals surface area contributed by atoms with Gasteiger partial charge < -0.3 is 0 Å². The minimum Gasteiger partial charge on any atom is -0.295 e. The fourth-order valence-corrected chi connectivity index (χ4v) is 3.81. The third kappa shape index (κ3) is 3.39. The van der Waals surface area contributed by atoms with Gasteiger partial charge >= 0.3 is 0 Å². The van der Waals surface area contributed by atoms with E-state index in [0.717, 1.165) is 24.2 Å². The standard InChI is InChI=1S/C19H22ClN5O/c1-2-16-5-3-4-10-24(16)12-15-11-17(26)25-19(21-15)22-18(23-25)13-6-8-14(20)9-7-13/h6-9,11,16H,2-5,10,12H2,1H3,(H,21,22,23)/t16-/m0/s1. The predicted molar refractivity (Wildman–Crippen MR) is 102 cm³/mol. The van der Waals surface area contributed by atoms with E-state index in [9.17, 15) is 4.79 Å². The quantitative estimate of drug-likeness (QED) is 0.762. The Kier molecular flexibility index (Phi) is 4.78. The molecule has 2 aromatic heterocycles. The number of hydrogen-bond acceptors (Lipinski definition) is 4. The van der Waals surface area contributed by atoms with Gasteiger partial charge in [-0.2, -0.15) is 9.50 Å². The molecule has 1 N–H and O–H groups in total. The molecular weight excluding hydrogens is 350 g/mol. The number of rotatable bonds is 4. The van der Waals surface area contributed by atoms with Gasteiger partial charge in [0.2, 0.25) is 0 Å². The summed E-state index contributed by atoms with van der Waals surface area (Å²) in [5.74, 6) is 1.01. The van der Waals surface area contributed by atoms with E-state index in [0.29, 0.717) is 29.2 Å². The van der Waals surface area contributed by atoms with Crippen LogP contribution in [0.25, 0.3) is 17.2 Å². The number of halogens is 1. The zero-order valence-corrected chi connectivity index (χ0v) is 15.5. The minimum absolute atomic E-state index is 0.136. The number of piperidine rings is 1. The lowest BCUT2D eigenvalue weighted by atomic mass is 10.00. The second kappa shape index (κ2) is 7.21. The number of hydrogen-bond donors (Lipinski definition) is 1. The summed E-state index contributed by atoms with van der Waals surface area (Å²) >= 11 is 5.94. The zero-order chi connectivity index (χ0) is 18.1. The second-order valence-electron chi connectivity index (χ2n) is 6.83. The Morgan fingerprint density at radius 1 is 1.23 bits per heavy atom. The average molecular weight is 372 g/mol. The summed E-state index contributed by atoms with van der Waals surface area (Å²) in [6.07, 6.45) is 4.85. The summed E-state index contributed by atoms with van der Waals surface area (Å²) in [5, 5.41) is 3.69. The zero-order valence-electron chi connectivity index (χ0n) is 14.8. The summed E-state index contributed by atoms with van der Waals surface area (Å²) in [4.78, 5) is 24.1. The average Bonchev–Trinajstić information content (AvgIpc) is 3.07. The third-order valence-electron chi connectivity index (χ3n) is 5.09. The third-order valence-corrected chi connectivity index (χ3v) is 5.34. The largest absolute Gasteiger partial charge is 0.295 e. The van der Waals surface area contributed by atoms with Crippen molar-refractivity contribution in [3.8, 4) is 11.4 Å². The number of H-pyrrole nitrogens is 1. The molecule has 3 aromatic rings. The monoisotopic (exact) mass is 371 g/mol. The van der Waals surface area contributed by atoms with Crippen molar-refractivity contribution in [1.82, 2.24) is 24.5 Å². The number of benzene rings is 1. The van der Waals surface area contributed by atoms with Crippen molar-refractivity contribution in [3.63, 3.8) is 0 Å². The molecule has 136 valence electrons. The van der Waals surface area contributed by atoms with Gasteiger partial charge in [0.15, 0.2) is 5.82 Å². The van der Waals surface area contributed by atoms with Gasteiger partial charge in [-0.1, -0.05) is 24.9 Å². The molecule has 3 heterocycles. The van der Waals surface area contributed by atoms with Crippen LogP contribution in [0.15, 0.2) is 35.1 Å². The smallest absolute Gasteiger partial charge is 0.274 e. The first kappa shape index (κ1) is 17.2. The van der Waals surface area contributed by atoms with E-state index in [4.69, 9.17) is 11.6 Å². The SMILES string of the molecule is CC[C@H]1CCCCN1Cc1cc(=O)n2[nH]c(-c3ccc(Cl)cc3)nc2n1. The molecule has 4 rings (SSSR count). The molecule has 0 radical (unpaired) electrons. The van der Waals surface area contributed by atoms with Crippen LogP contribution >= 0.6 is 11.6 Å². The van der Waals surface area contributed by atoms with Crippen LogP contribution < -0.4 is 5.56 Å². The van der Waals surface area contributed by atoms with Crippen molar-refractivity contribution in [2.75, 3.05) is 6.54 Å². The summed E-state index contributed by atoms with van der Waals surface area (Å²) in [6.45, 7) is 3.99. The van der Waals surface area contributed by atoms with Crippen molar-refractivity contribution in [3.05, 3.63) is 51.4 Å². The molecule has 0 aliphatic carbocycles. The van der Waals surface area contributed by atoms with E-state index in [1.165, 1.54) is 23.8 Å². The highest BCUT2D eigenvalue weighted by Crippen LogP contribution is 2.21. The first-order valence-corrected chi connectivity index (χ1v) is 9.50. The summed E-state index contributed by atoms with van der Waals surface area (Å²) in [6, 6.07) is 9.52. The fraction of sp³-hybridized carbons (Fsp3) is 0.421. The van der Waals surface area contributed by atoms with Gasteiger partial charge in [0.1, 0.15) is 0 Å². The van der Waals surface area contributed by atoms with Crippen LogP contribution in [-0.4, -0.2) is 37.1 Å². The molecule has 1 saturated heterocycles. The van der Waals surface area contributed by atoms with Crippen LogP contribution in [-0.2, 0) is 6.54 Å². The molecule has 6 nitrogen and oxygen atoms in total. The highest BCUT2D eigenvalue weighted by molar-refractivity contribution is 6.30. The molecule has 0 saturated carbocycles. The van der Waals surface area contributed by atoms with Gasteiger partial charge in [0, 0.05) is 29.2 Å². The predicted octanol–water partition coefficient (Wildman–Crippen LogP) is 3.50. The molecular formula is C19H22ClN5O. The normalized spacial score (nSPS) is 18.5. The van der Waals surface area contributed by atoms with Crippen LogP contribution in [0.4, 0.5) is 0 Å². The number of likely N-dealkylation sites (tertiary alicyclic amines) is 1. The lowest BCUT2D eigenvalue weighted by Crippen LogP contribution is -2.39. The molecule has 26 heavy (non-hydrogen) atoms. The van der Waals surface area contributed by atoms with Gasteiger partial charge in [-0.25, -0.2) is 4.98 Å². The first-order chi connectivity index (χ1) is 12.6. The van der Waals surface area contributed by atoms with Crippen molar-refractivity contribution >= 4 is 17.4 Å². The fourth-order valence-electron chi connectivity index (χ4n) is 3.68. The lowest BCUT2D eigenvalue weighted by Gasteiger charge is -2.34. The Balaban J connectivity index is 1.65. The van der Waals surface area contributed by atoms with E-state index in [1.54, 1.807) is 18.2 Å². The van der Waals surface area contributed by atoms with Crippen molar-refractivity contribution in [2.24, 2.45) is 0 Å². The highest BCUT2D eigenvalue weighted by atomic mass is 35.5. The molecule has 1 atom stereocenters.